The Labute approximate surface area is 176 Å². The van der Waals surface area contributed by atoms with Crippen LogP contribution < -0.4 is 14.8 Å². The van der Waals surface area contributed by atoms with E-state index < -0.39 is 34.2 Å². The minimum Gasteiger partial charge on any atom is -0.484 e. The first-order valence-electron chi connectivity index (χ1n) is 8.49. The van der Waals surface area contributed by atoms with E-state index in [0.29, 0.717) is 16.8 Å². The highest BCUT2D eigenvalue weighted by Gasteiger charge is 2.15. The van der Waals surface area contributed by atoms with E-state index in [-0.39, 0.29) is 16.3 Å². The molecule has 3 aromatic carbocycles. The van der Waals surface area contributed by atoms with Crippen molar-refractivity contribution in [3.05, 3.63) is 83.4 Å². The molecule has 0 bridgehead atoms. The highest BCUT2D eigenvalue weighted by Crippen LogP contribution is 2.21. The number of anilines is 2. The molecular weight excluding hydrogens is 438 g/mol. The van der Waals surface area contributed by atoms with Gasteiger partial charge in [-0.1, -0.05) is 11.6 Å². The number of carbonyl (C=O) groups is 1. The van der Waals surface area contributed by atoms with Crippen molar-refractivity contribution in [2.75, 3.05) is 16.6 Å². The summed E-state index contributed by atoms with van der Waals surface area (Å²) in [4.78, 5) is 11.9. The zero-order chi connectivity index (χ0) is 21.7. The molecule has 0 aliphatic heterocycles. The van der Waals surface area contributed by atoms with Crippen molar-refractivity contribution in [3.8, 4) is 5.75 Å². The zero-order valence-corrected chi connectivity index (χ0v) is 16.8. The highest BCUT2D eigenvalue weighted by atomic mass is 35.5. The highest BCUT2D eigenvalue weighted by molar-refractivity contribution is 7.92. The van der Waals surface area contributed by atoms with Crippen LogP contribution in [0.2, 0.25) is 5.02 Å². The largest absolute Gasteiger partial charge is 0.484 e. The number of sulfonamides is 1. The molecule has 0 saturated carbocycles. The van der Waals surface area contributed by atoms with Gasteiger partial charge in [0, 0.05) is 16.8 Å². The predicted molar refractivity (Wildman–Crippen MR) is 109 cm³/mol. The molecule has 3 rings (SSSR count). The SMILES string of the molecule is O=C(COc1ccc(S(=O)(=O)Nc2ccc(Cl)cc2)cc1)Nc1ccc(F)cc1F. The third-order valence-electron chi connectivity index (χ3n) is 3.81. The van der Waals surface area contributed by atoms with E-state index in [2.05, 4.69) is 10.0 Å². The van der Waals surface area contributed by atoms with E-state index in [1.54, 1.807) is 12.1 Å². The Kier molecular flexibility index (Phi) is 6.53. The topological polar surface area (TPSA) is 84.5 Å². The third kappa shape index (κ3) is 5.68. The van der Waals surface area contributed by atoms with Gasteiger partial charge in [0.2, 0.25) is 0 Å². The van der Waals surface area contributed by atoms with Crippen LogP contribution in [0.15, 0.2) is 71.6 Å². The number of ether oxygens (including phenoxy) is 1. The lowest BCUT2D eigenvalue weighted by Crippen LogP contribution is -2.21. The molecule has 0 aliphatic carbocycles. The lowest BCUT2D eigenvalue weighted by Gasteiger charge is -2.10. The molecule has 30 heavy (non-hydrogen) atoms. The van der Waals surface area contributed by atoms with Crippen LogP contribution in [-0.4, -0.2) is 20.9 Å². The van der Waals surface area contributed by atoms with E-state index in [0.717, 1.165) is 12.1 Å². The molecule has 0 unspecified atom stereocenters. The monoisotopic (exact) mass is 452 g/mol. The molecule has 0 radical (unpaired) electrons. The molecule has 0 aromatic heterocycles. The number of halogens is 3. The van der Waals surface area contributed by atoms with Gasteiger partial charge in [0.1, 0.15) is 17.4 Å². The van der Waals surface area contributed by atoms with Crippen LogP contribution in [0, 0.1) is 11.6 Å². The van der Waals surface area contributed by atoms with Crippen molar-refractivity contribution in [1.82, 2.24) is 0 Å². The molecule has 0 heterocycles. The van der Waals surface area contributed by atoms with Crippen molar-refractivity contribution in [2.24, 2.45) is 0 Å². The van der Waals surface area contributed by atoms with Crippen LogP contribution in [0.5, 0.6) is 5.75 Å². The number of hydrogen-bond acceptors (Lipinski definition) is 4. The number of benzene rings is 3. The standard InChI is InChI=1S/C20H15ClF2N2O4S/c21-13-1-4-15(5-2-13)25-30(27,28)17-8-6-16(7-9-17)29-12-20(26)24-19-10-3-14(22)11-18(19)23/h1-11,25H,12H2,(H,24,26). The molecule has 156 valence electrons. The van der Waals surface area contributed by atoms with Gasteiger partial charge >= 0.3 is 0 Å². The lowest BCUT2D eigenvalue weighted by molar-refractivity contribution is -0.118. The van der Waals surface area contributed by atoms with Crippen molar-refractivity contribution >= 4 is 38.9 Å². The summed E-state index contributed by atoms with van der Waals surface area (Å²) in [6.07, 6.45) is 0. The fourth-order valence-corrected chi connectivity index (χ4v) is 3.56. The first kappa shape index (κ1) is 21.5. The molecule has 1 amide bonds. The second-order valence-corrected chi connectivity index (χ2v) is 8.16. The number of nitrogens with one attached hydrogen (secondary N) is 2. The predicted octanol–water partition coefficient (Wildman–Crippen LogP) is 4.44. The maximum atomic E-state index is 13.5. The fourth-order valence-electron chi connectivity index (χ4n) is 2.37. The molecule has 0 saturated heterocycles. The van der Waals surface area contributed by atoms with Gasteiger partial charge in [-0.3, -0.25) is 9.52 Å². The average molecular weight is 453 g/mol. The summed E-state index contributed by atoms with van der Waals surface area (Å²) in [5, 5.41) is 2.73. The van der Waals surface area contributed by atoms with Gasteiger partial charge in [-0.25, -0.2) is 17.2 Å². The minimum atomic E-state index is -3.82. The summed E-state index contributed by atoms with van der Waals surface area (Å²) in [5.41, 5.74) is 0.170. The van der Waals surface area contributed by atoms with E-state index in [1.165, 1.54) is 36.4 Å². The van der Waals surface area contributed by atoms with Gasteiger partial charge in [-0.15, -0.1) is 0 Å². The Morgan fingerprint density at radius 1 is 0.967 bits per heavy atom. The first-order valence-corrected chi connectivity index (χ1v) is 10.4. The van der Waals surface area contributed by atoms with Crippen molar-refractivity contribution in [1.29, 1.82) is 0 Å². The van der Waals surface area contributed by atoms with Gasteiger partial charge in [-0.2, -0.15) is 0 Å². The van der Waals surface area contributed by atoms with Gasteiger partial charge < -0.3 is 10.1 Å². The summed E-state index contributed by atoms with van der Waals surface area (Å²) in [6.45, 7) is -0.452. The first-order chi connectivity index (χ1) is 14.2. The van der Waals surface area contributed by atoms with E-state index in [1.807, 2.05) is 0 Å². The summed E-state index contributed by atoms with van der Waals surface area (Å²) in [6, 6.07) is 14.3. The Bertz CT molecular complexity index is 1150. The molecule has 0 spiro atoms. The Hall–Kier alpha value is -3.17. The van der Waals surface area contributed by atoms with Crippen LogP contribution >= 0.6 is 11.6 Å². The van der Waals surface area contributed by atoms with Crippen LogP contribution in [0.4, 0.5) is 20.2 Å². The van der Waals surface area contributed by atoms with E-state index in [9.17, 15) is 22.0 Å². The summed E-state index contributed by atoms with van der Waals surface area (Å²) in [7, 11) is -3.82. The summed E-state index contributed by atoms with van der Waals surface area (Å²) in [5.74, 6) is -2.11. The molecular formula is C20H15ClF2N2O4S. The zero-order valence-electron chi connectivity index (χ0n) is 15.2. The molecule has 10 heteroatoms. The quantitative estimate of drug-likeness (QED) is 0.555. The second kappa shape index (κ2) is 9.10. The Morgan fingerprint density at radius 2 is 1.63 bits per heavy atom. The smallest absolute Gasteiger partial charge is 0.262 e. The van der Waals surface area contributed by atoms with Gasteiger partial charge in [-0.05, 0) is 60.7 Å². The van der Waals surface area contributed by atoms with Gasteiger partial charge in [0.05, 0.1) is 10.6 Å². The summed E-state index contributed by atoms with van der Waals surface area (Å²) < 4.78 is 58.9. The maximum absolute atomic E-state index is 13.5. The Balaban J connectivity index is 1.58. The molecule has 0 atom stereocenters. The van der Waals surface area contributed by atoms with Gasteiger partial charge in [0.15, 0.2) is 6.61 Å². The van der Waals surface area contributed by atoms with Crippen molar-refractivity contribution in [3.63, 3.8) is 0 Å². The van der Waals surface area contributed by atoms with Crippen molar-refractivity contribution < 1.29 is 26.7 Å². The second-order valence-electron chi connectivity index (χ2n) is 6.04. The maximum Gasteiger partial charge on any atom is 0.262 e. The van der Waals surface area contributed by atoms with Crippen LogP contribution in [0.3, 0.4) is 0 Å². The molecule has 0 fully saturated rings. The number of hydrogen-bond donors (Lipinski definition) is 2. The molecule has 0 aliphatic rings. The third-order valence-corrected chi connectivity index (χ3v) is 5.45. The van der Waals surface area contributed by atoms with Crippen LogP contribution in [0.1, 0.15) is 0 Å². The number of carbonyl (C=O) groups excluding carboxylic acids is 1. The molecule has 2 N–H and O–H groups in total. The summed E-state index contributed by atoms with van der Waals surface area (Å²) >= 11 is 5.78. The molecule has 6 nitrogen and oxygen atoms in total. The van der Waals surface area contributed by atoms with E-state index >= 15 is 0 Å². The number of amides is 1. The van der Waals surface area contributed by atoms with E-state index in [4.69, 9.17) is 16.3 Å². The van der Waals surface area contributed by atoms with Gasteiger partial charge in [0.25, 0.3) is 15.9 Å². The fraction of sp³-hybridized carbons (Fsp3) is 0.0500. The average Bonchev–Trinajstić information content (AvgIpc) is 2.70. The lowest BCUT2D eigenvalue weighted by atomic mass is 10.3. The van der Waals surface area contributed by atoms with Crippen LogP contribution in [-0.2, 0) is 14.8 Å². The minimum absolute atomic E-state index is 0.0114. The normalized spacial score (nSPS) is 11.0. The number of rotatable bonds is 7. The van der Waals surface area contributed by atoms with Crippen molar-refractivity contribution in [2.45, 2.75) is 4.90 Å². The Morgan fingerprint density at radius 3 is 2.27 bits per heavy atom. The molecule has 3 aromatic rings. The van der Waals surface area contributed by atoms with Crippen LogP contribution in [0.25, 0.3) is 0 Å².